The summed E-state index contributed by atoms with van der Waals surface area (Å²) in [6.45, 7) is 7.91. The molecule has 8 heterocycles. The largest absolute Gasteiger partial charge is 0.354 e. The van der Waals surface area contributed by atoms with Crippen molar-refractivity contribution >= 4 is 79.1 Å². The normalized spacial score (nSPS) is 14.2. The molecule has 16 heteroatoms. The zero-order chi connectivity index (χ0) is 39.8. The van der Waals surface area contributed by atoms with Gasteiger partial charge in [0.25, 0.3) is 0 Å². The Morgan fingerprint density at radius 1 is 0.576 bits per heavy atom. The zero-order valence-corrected chi connectivity index (χ0v) is 34.0. The van der Waals surface area contributed by atoms with Gasteiger partial charge < -0.3 is 31.1 Å². The highest BCUT2D eigenvalue weighted by Crippen LogP contribution is 2.31. The lowest BCUT2D eigenvalue weighted by atomic mass is 10.2. The first kappa shape index (κ1) is 38.2. The minimum Gasteiger partial charge on any atom is -0.354 e. The number of aromatic nitrogens is 8. The van der Waals surface area contributed by atoms with Crippen molar-refractivity contribution in [3.05, 3.63) is 116 Å². The lowest BCUT2D eigenvalue weighted by Gasteiger charge is -2.28. The summed E-state index contributed by atoms with van der Waals surface area (Å²) in [6, 6.07) is 28.2. The van der Waals surface area contributed by atoms with Crippen molar-refractivity contribution in [1.82, 2.24) is 50.5 Å². The Labute approximate surface area is 350 Å². The molecule has 2 aromatic carbocycles. The lowest BCUT2D eigenvalue weighted by Crippen LogP contribution is -2.43. The van der Waals surface area contributed by atoms with Crippen molar-refractivity contribution in [2.45, 2.75) is 4.34 Å². The molecule has 4 N–H and O–H groups in total. The topological polar surface area (TPSA) is 158 Å². The van der Waals surface area contributed by atoms with Crippen LogP contribution >= 0.6 is 23.1 Å². The molecule has 0 bridgehead atoms. The van der Waals surface area contributed by atoms with Crippen LogP contribution in [0.4, 0.5) is 34.9 Å². The van der Waals surface area contributed by atoms with Gasteiger partial charge in [-0.1, -0.05) is 17.8 Å². The predicted molar refractivity (Wildman–Crippen MR) is 240 cm³/mol. The number of hydrogen-bond acceptors (Lipinski definition) is 16. The molecule has 0 atom stereocenters. The molecule has 2 saturated heterocycles. The first-order valence-corrected chi connectivity index (χ1v) is 21.5. The Kier molecular flexibility index (Phi) is 11.7. The molecule has 59 heavy (non-hydrogen) atoms. The van der Waals surface area contributed by atoms with Crippen LogP contribution in [0.15, 0.2) is 120 Å². The van der Waals surface area contributed by atoms with Gasteiger partial charge in [-0.25, -0.2) is 34.9 Å². The molecule has 0 saturated carbocycles. The summed E-state index contributed by atoms with van der Waals surface area (Å²) >= 11 is 3.35. The number of benzene rings is 2. The first-order valence-electron chi connectivity index (χ1n) is 19.5. The van der Waals surface area contributed by atoms with Gasteiger partial charge in [0.15, 0.2) is 4.34 Å². The number of thioether (sulfide) groups is 1. The maximum Gasteiger partial charge on any atom is 0.227 e. The maximum absolute atomic E-state index is 4.68. The van der Waals surface area contributed by atoms with E-state index in [-0.39, 0.29) is 0 Å². The van der Waals surface area contributed by atoms with Crippen LogP contribution in [-0.4, -0.2) is 98.5 Å². The van der Waals surface area contributed by atoms with Crippen LogP contribution in [0.3, 0.4) is 0 Å². The molecule has 2 aliphatic rings. The smallest absolute Gasteiger partial charge is 0.227 e. The molecule has 6 aromatic heterocycles. The average molecular weight is 819 g/mol. The fourth-order valence-corrected chi connectivity index (χ4v) is 8.41. The van der Waals surface area contributed by atoms with E-state index in [1.54, 1.807) is 41.7 Å². The number of fused-ring (bicyclic) bond motifs is 2. The number of nitrogens with one attached hydrogen (secondary N) is 4. The highest BCUT2D eigenvalue weighted by atomic mass is 32.2. The first-order chi connectivity index (χ1) is 29.1. The third-order valence-corrected chi connectivity index (χ3v) is 11.9. The molecule has 14 nitrogen and oxygen atoms in total. The van der Waals surface area contributed by atoms with Crippen LogP contribution in [0.5, 0.6) is 0 Å². The number of hydrogen-bond donors (Lipinski definition) is 4. The second kappa shape index (κ2) is 18.1. The van der Waals surface area contributed by atoms with Gasteiger partial charge in [-0.3, -0.25) is 4.98 Å². The summed E-state index contributed by atoms with van der Waals surface area (Å²) in [6.07, 6.45) is 11.1. The summed E-state index contributed by atoms with van der Waals surface area (Å²) in [5.74, 6) is 3.13. The van der Waals surface area contributed by atoms with E-state index in [0.29, 0.717) is 11.9 Å². The molecule has 296 valence electrons. The number of pyridine rings is 3. The van der Waals surface area contributed by atoms with Crippen LogP contribution in [0.2, 0.25) is 0 Å². The van der Waals surface area contributed by atoms with Crippen LogP contribution in [0.25, 0.3) is 43.6 Å². The van der Waals surface area contributed by atoms with Gasteiger partial charge in [0.05, 0.1) is 27.1 Å². The SMILES string of the molecule is CSc1nc2ccc(Nc3nccc(-c4ccc(N5CCNCC5)nc4)n3)cc2s1.c1cnc2ccc(Nc3nccc(-c4ccc(N5CCNCC5)nc4)n3)cc2c1. The zero-order valence-electron chi connectivity index (χ0n) is 32.4. The lowest BCUT2D eigenvalue weighted by molar-refractivity contribution is 0.585. The highest BCUT2D eigenvalue weighted by molar-refractivity contribution is 8.00. The quantitative estimate of drug-likeness (QED) is 0.108. The summed E-state index contributed by atoms with van der Waals surface area (Å²) in [4.78, 5) is 40.9. The summed E-state index contributed by atoms with van der Waals surface area (Å²) in [5.41, 5.74) is 7.47. The third kappa shape index (κ3) is 9.37. The van der Waals surface area contributed by atoms with E-state index < -0.39 is 0 Å². The molecule has 0 unspecified atom stereocenters. The van der Waals surface area contributed by atoms with Crippen LogP contribution in [0.1, 0.15) is 0 Å². The molecule has 10 rings (SSSR count). The minimum absolute atomic E-state index is 0.553. The van der Waals surface area contributed by atoms with Gasteiger partial charge in [-0.15, -0.1) is 11.3 Å². The predicted octanol–water partition coefficient (Wildman–Crippen LogP) is 7.26. The second-order valence-electron chi connectivity index (χ2n) is 13.8. The fourth-order valence-electron chi connectivity index (χ4n) is 6.88. The Balaban J connectivity index is 0.000000152. The van der Waals surface area contributed by atoms with Gasteiger partial charge >= 0.3 is 0 Å². The van der Waals surface area contributed by atoms with Gasteiger partial charge in [0.1, 0.15) is 11.6 Å². The van der Waals surface area contributed by atoms with Gasteiger partial charge in [0, 0.05) is 111 Å². The van der Waals surface area contributed by atoms with Crippen LogP contribution in [0, 0.1) is 0 Å². The van der Waals surface area contributed by atoms with Crippen LogP contribution in [-0.2, 0) is 0 Å². The summed E-state index contributed by atoms with van der Waals surface area (Å²) < 4.78 is 2.21. The number of rotatable bonds is 9. The number of piperazine rings is 2. The van der Waals surface area contributed by atoms with Crippen molar-refractivity contribution in [2.75, 3.05) is 79.0 Å². The van der Waals surface area contributed by atoms with E-state index in [1.807, 2.05) is 73.2 Å². The van der Waals surface area contributed by atoms with Crippen LogP contribution < -0.4 is 31.1 Å². The molecule has 8 aromatic rings. The molecule has 0 spiro atoms. The number of thiazole rings is 1. The maximum atomic E-state index is 4.68. The molecule has 2 aliphatic heterocycles. The van der Waals surface area contributed by atoms with E-state index in [4.69, 9.17) is 0 Å². The second-order valence-corrected chi connectivity index (χ2v) is 15.9. The Bertz CT molecular complexity index is 2640. The van der Waals surface area contributed by atoms with Crippen molar-refractivity contribution in [3.8, 4) is 22.5 Å². The fraction of sp³-hybridized carbons (Fsp3) is 0.209. The number of anilines is 6. The van der Waals surface area contributed by atoms with Gasteiger partial charge in [-0.05, 0) is 85.1 Å². The average Bonchev–Trinajstić information content (AvgIpc) is 3.73. The van der Waals surface area contributed by atoms with Crippen molar-refractivity contribution in [3.63, 3.8) is 0 Å². The molecular weight excluding hydrogens is 777 g/mol. The van der Waals surface area contributed by atoms with Crippen molar-refractivity contribution in [2.24, 2.45) is 0 Å². The minimum atomic E-state index is 0.553. The van der Waals surface area contributed by atoms with Crippen molar-refractivity contribution < 1.29 is 0 Å². The Morgan fingerprint density at radius 3 is 1.71 bits per heavy atom. The summed E-state index contributed by atoms with van der Waals surface area (Å²) in [5, 5.41) is 14.4. The molecule has 0 radical (unpaired) electrons. The third-order valence-electron chi connectivity index (χ3n) is 9.94. The molecule has 0 amide bonds. The van der Waals surface area contributed by atoms with E-state index in [1.165, 1.54) is 0 Å². The standard InChI is InChI=1S/C22H21N7.C21H21N7S2/c1-2-16-14-18(4-5-19(16)24-8-1)27-22-25-9-7-20(28-22)17-3-6-21(26-15-17)29-12-10-23-11-13-29;1-29-21-27-17-4-3-15(12-18(17)30-21)25-20-23-7-6-16(26-20)14-2-5-19(24-13-14)28-10-8-22-9-11-28/h1-9,14-15,23H,10-13H2,(H,25,27,28);2-7,12-13,22H,8-11H2,1H3,(H,23,25,26). The molecule has 2 fully saturated rings. The number of nitrogens with zero attached hydrogens (tertiary/aromatic N) is 10. The molecule has 0 aliphatic carbocycles. The Morgan fingerprint density at radius 2 is 1.15 bits per heavy atom. The van der Waals surface area contributed by atoms with Gasteiger partial charge in [0.2, 0.25) is 11.9 Å². The van der Waals surface area contributed by atoms with Gasteiger partial charge in [-0.2, -0.15) is 0 Å². The monoisotopic (exact) mass is 818 g/mol. The van der Waals surface area contributed by atoms with E-state index >= 15 is 0 Å². The van der Waals surface area contributed by atoms with Crippen molar-refractivity contribution in [1.29, 1.82) is 0 Å². The Hall–Kier alpha value is -6.33. The van der Waals surface area contributed by atoms with E-state index in [2.05, 4.69) is 101 Å². The highest BCUT2D eigenvalue weighted by Gasteiger charge is 2.14. The van der Waals surface area contributed by atoms with E-state index in [9.17, 15) is 0 Å². The molecular formula is C43H42N14S2. The summed E-state index contributed by atoms with van der Waals surface area (Å²) in [7, 11) is 0. The van der Waals surface area contributed by atoms with E-state index in [0.717, 1.165) is 123 Å².